The van der Waals surface area contributed by atoms with Gasteiger partial charge in [-0.3, -0.25) is 9.69 Å². The number of rotatable bonds is 6. The normalized spacial score (nSPS) is 23.4. The van der Waals surface area contributed by atoms with Crippen LogP contribution >= 0.6 is 0 Å². The van der Waals surface area contributed by atoms with Crippen LogP contribution in [-0.4, -0.2) is 37.2 Å². The first-order valence-electron chi connectivity index (χ1n) is 10.6. The Morgan fingerprint density at radius 3 is 2.61 bits per heavy atom. The molecule has 0 amide bonds. The molecule has 0 N–H and O–H groups in total. The molecule has 1 saturated heterocycles. The van der Waals surface area contributed by atoms with Crippen molar-refractivity contribution in [2.24, 2.45) is 11.8 Å². The Balaban J connectivity index is 1.40. The summed E-state index contributed by atoms with van der Waals surface area (Å²) >= 11 is 0. The van der Waals surface area contributed by atoms with Gasteiger partial charge >= 0.3 is 5.97 Å². The van der Waals surface area contributed by atoms with Crippen LogP contribution in [0.15, 0.2) is 36.4 Å². The van der Waals surface area contributed by atoms with Crippen molar-refractivity contribution in [3.8, 4) is 5.75 Å². The predicted molar refractivity (Wildman–Crippen MR) is 111 cm³/mol. The molecule has 2 aromatic carbocycles. The number of hydrogen-bond donors (Lipinski definition) is 0. The first-order valence-corrected chi connectivity index (χ1v) is 10.6. The van der Waals surface area contributed by atoms with Crippen molar-refractivity contribution in [3.63, 3.8) is 0 Å². The molecule has 1 aliphatic heterocycles. The summed E-state index contributed by atoms with van der Waals surface area (Å²) < 4.78 is 11.2. The number of nitrogens with zero attached hydrogens (tertiary/aromatic N) is 1. The third kappa shape index (κ3) is 4.17. The van der Waals surface area contributed by atoms with Gasteiger partial charge in [0, 0.05) is 25.0 Å². The van der Waals surface area contributed by atoms with Crippen molar-refractivity contribution in [2.45, 2.75) is 51.7 Å². The Kier molecular flexibility index (Phi) is 5.86. The number of likely N-dealkylation sites (tertiary alicyclic amines) is 1. The maximum Gasteiger partial charge on any atom is 0.311 e. The van der Waals surface area contributed by atoms with E-state index in [1.165, 1.54) is 55.5 Å². The molecule has 28 heavy (non-hydrogen) atoms. The molecule has 1 saturated carbocycles. The molecule has 0 radical (unpaired) electrons. The summed E-state index contributed by atoms with van der Waals surface area (Å²) in [5.74, 6) is 1.84. The molecule has 4 rings (SSSR count). The number of carbonyl (C=O) groups is 1. The first-order chi connectivity index (χ1) is 13.7. The lowest BCUT2D eigenvalue weighted by Crippen LogP contribution is -2.49. The lowest BCUT2D eigenvalue weighted by atomic mass is 9.86. The fourth-order valence-corrected chi connectivity index (χ4v) is 4.61. The molecule has 4 nitrogen and oxygen atoms in total. The number of benzene rings is 2. The van der Waals surface area contributed by atoms with Gasteiger partial charge in [-0.05, 0) is 54.7 Å². The summed E-state index contributed by atoms with van der Waals surface area (Å²) in [7, 11) is 1.46. The van der Waals surface area contributed by atoms with Crippen molar-refractivity contribution in [3.05, 3.63) is 42.0 Å². The van der Waals surface area contributed by atoms with E-state index in [1.807, 2.05) is 0 Å². The number of carbonyl (C=O) groups excluding carboxylic acids is 1. The molecule has 1 aliphatic carbocycles. The molecule has 0 atom stereocenters. The Bertz CT molecular complexity index is 820. The zero-order valence-corrected chi connectivity index (χ0v) is 17.0. The van der Waals surface area contributed by atoms with E-state index in [4.69, 9.17) is 9.47 Å². The topological polar surface area (TPSA) is 38.8 Å². The van der Waals surface area contributed by atoms with E-state index < -0.39 is 0 Å². The standard InChI is InChI=1S/C24H31NO3/c1-3-17-7-10-21(11-8-17)28-23-6-4-5-19-13-18(9-12-22(19)23)14-25-15-20(16-25)24(26)27-2/h4-6,9,12-13,17,20-21H,3,7-8,10-11,14-16H2,1-2H3/t17-,21-. The highest BCUT2D eigenvalue weighted by Crippen LogP contribution is 2.33. The SMILES string of the molecule is CC[C@H]1CC[C@H](Oc2cccc3cc(CN4CC(C(=O)OC)C4)ccc23)CC1. The second-order valence-electron chi connectivity index (χ2n) is 8.39. The van der Waals surface area contributed by atoms with Gasteiger partial charge in [-0.2, -0.15) is 0 Å². The average molecular weight is 382 g/mol. The van der Waals surface area contributed by atoms with Crippen molar-refractivity contribution >= 4 is 16.7 Å². The molecule has 2 fully saturated rings. The second-order valence-corrected chi connectivity index (χ2v) is 8.39. The number of esters is 1. The number of hydrogen-bond acceptors (Lipinski definition) is 4. The maximum absolute atomic E-state index is 11.5. The Labute approximate surface area is 167 Å². The summed E-state index contributed by atoms with van der Waals surface area (Å²) in [6, 6.07) is 13.0. The van der Waals surface area contributed by atoms with Gasteiger partial charge in [-0.15, -0.1) is 0 Å². The van der Waals surface area contributed by atoms with Crippen molar-refractivity contribution in [1.29, 1.82) is 0 Å². The highest BCUT2D eigenvalue weighted by Gasteiger charge is 2.33. The van der Waals surface area contributed by atoms with Crippen LogP contribution < -0.4 is 4.74 Å². The third-order valence-corrected chi connectivity index (χ3v) is 6.47. The molecule has 2 aromatic rings. The van der Waals surface area contributed by atoms with E-state index in [0.717, 1.165) is 31.3 Å². The largest absolute Gasteiger partial charge is 0.490 e. The number of fused-ring (bicyclic) bond motifs is 1. The highest BCUT2D eigenvalue weighted by molar-refractivity contribution is 5.88. The highest BCUT2D eigenvalue weighted by atomic mass is 16.5. The molecule has 0 unspecified atom stereocenters. The van der Waals surface area contributed by atoms with Gasteiger partial charge in [0.15, 0.2) is 0 Å². The van der Waals surface area contributed by atoms with Crippen LogP contribution in [0.5, 0.6) is 5.75 Å². The van der Waals surface area contributed by atoms with Gasteiger partial charge in [0.05, 0.1) is 19.1 Å². The van der Waals surface area contributed by atoms with Crippen molar-refractivity contribution in [2.75, 3.05) is 20.2 Å². The van der Waals surface area contributed by atoms with Crippen molar-refractivity contribution in [1.82, 2.24) is 4.90 Å². The first kappa shape index (κ1) is 19.3. The molecular weight excluding hydrogens is 350 g/mol. The van der Waals surface area contributed by atoms with E-state index >= 15 is 0 Å². The van der Waals surface area contributed by atoms with Gasteiger partial charge in [0.1, 0.15) is 5.75 Å². The van der Waals surface area contributed by atoms with Gasteiger partial charge in [-0.25, -0.2) is 0 Å². The van der Waals surface area contributed by atoms with Crippen LogP contribution in [0, 0.1) is 11.8 Å². The fraction of sp³-hybridized carbons (Fsp3) is 0.542. The quantitative estimate of drug-likeness (QED) is 0.674. The molecule has 0 aromatic heterocycles. The number of methoxy groups -OCH3 is 1. The van der Waals surface area contributed by atoms with E-state index in [0.29, 0.717) is 6.10 Å². The van der Waals surface area contributed by atoms with Gasteiger partial charge in [0.2, 0.25) is 0 Å². The second kappa shape index (κ2) is 8.52. The average Bonchev–Trinajstić information content (AvgIpc) is 2.70. The van der Waals surface area contributed by atoms with Crippen molar-refractivity contribution < 1.29 is 14.3 Å². The van der Waals surface area contributed by atoms with Crippen LogP contribution in [0.1, 0.15) is 44.6 Å². The zero-order chi connectivity index (χ0) is 19.5. The molecule has 1 heterocycles. The Morgan fingerprint density at radius 2 is 1.89 bits per heavy atom. The minimum absolute atomic E-state index is 0.0354. The molecular formula is C24H31NO3. The van der Waals surface area contributed by atoms with E-state index in [9.17, 15) is 4.79 Å². The van der Waals surface area contributed by atoms with Crippen LogP contribution in [0.25, 0.3) is 10.8 Å². The summed E-state index contributed by atoms with van der Waals surface area (Å²) in [5.41, 5.74) is 1.27. The summed E-state index contributed by atoms with van der Waals surface area (Å²) in [5, 5.41) is 2.42. The summed E-state index contributed by atoms with van der Waals surface area (Å²) in [4.78, 5) is 13.8. The Hall–Kier alpha value is -2.07. The molecule has 4 heteroatoms. The monoisotopic (exact) mass is 381 g/mol. The molecule has 150 valence electrons. The number of ether oxygens (including phenoxy) is 2. The molecule has 0 spiro atoms. The Morgan fingerprint density at radius 1 is 1.11 bits per heavy atom. The smallest absolute Gasteiger partial charge is 0.311 e. The summed E-state index contributed by atoms with van der Waals surface area (Å²) in [6.07, 6.45) is 6.56. The lowest BCUT2D eigenvalue weighted by molar-refractivity contribution is -0.151. The van der Waals surface area contributed by atoms with Crippen LogP contribution in [0.2, 0.25) is 0 Å². The molecule has 0 bridgehead atoms. The minimum atomic E-state index is -0.0930. The van der Waals surface area contributed by atoms with E-state index in [2.05, 4.69) is 48.2 Å². The molecule has 2 aliphatic rings. The fourth-order valence-electron chi connectivity index (χ4n) is 4.61. The van der Waals surface area contributed by atoms with Gasteiger partial charge < -0.3 is 9.47 Å². The van der Waals surface area contributed by atoms with E-state index in [1.54, 1.807) is 0 Å². The maximum atomic E-state index is 11.5. The summed E-state index contributed by atoms with van der Waals surface area (Å²) in [6.45, 7) is 4.74. The zero-order valence-electron chi connectivity index (χ0n) is 17.0. The van der Waals surface area contributed by atoms with E-state index in [-0.39, 0.29) is 11.9 Å². The van der Waals surface area contributed by atoms with Crippen LogP contribution in [-0.2, 0) is 16.1 Å². The van der Waals surface area contributed by atoms with Gasteiger partial charge in [0.25, 0.3) is 0 Å². The van der Waals surface area contributed by atoms with Crippen LogP contribution in [0.4, 0.5) is 0 Å². The minimum Gasteiger partial charge on any atom is -0.490 e. The lowest BCUT2D eigenvalue weighted by Gasteiger charge is -2.37. The van der Waals surface area contributed by atoms with Gasteiger partial charge in [-0.1, -0.05) is 37.6 Å². The predicted octanol–water partition coefficient (Wildman–Crippen LogP) is 4.79. The van der Waals surface area contributed by atoms with Crippen LogP contribution in [0.3, 0.4) is 0 Å². The third-order valence-electron chi connectivity index (χ3n) is 6.47.